The molecule has 2 amide bonds. The first kappa shape index (κ1) is 24.3. The quantitative estimate of drug-likeness (QED) is 0.721. The van der Waals surface area contributed by atoms with Crippen molar-refractivity contribution in [3.05, 3.63) is 65.5 Å². The molecule has 0 bridgehead atoms. The van der Waals surface area contributed by atoms with Crippen LogP contribution in [0.25, 0.3) is 0 Å². The normalized spacial score (nSPS) is 20.7. The molecule has 182 valence electrons. The van der Waals surface area contributed by atoms with Crippen molar-refractivity contribution in [1.29, 1.82) is 0 Å². The molecule has 1 unspecified atom stereocenters. The van der Waals surface area contributed by atoms with Crippen LogP contribution < -0.4 is 5.32 Å². The molecule has 2 heterocycles. The van der Waals surface area contributed by atoms with E-state index in [1.807, 2.05) is 18.2 Å². The molecule has 1 N–H and O–H groups in total. The Balaban J connectivity index is 1.43. The molecule has 4 rings (SSSR count). The summed E-state index contributed by atoms with van der Waals surface area (Å²) in [7, 11) is -3.92. The average Bonchev–Trinajstić information content (AvgIpc) is 2.88. The molecule has 0 saturated carbocycles. The number of rotatable bonds is 3. The number of amides is 2. The number of hydrogen-bond acceptors (Lipinski definition) is 4. The summed E-state index contributed by atoms with van der Waals surface area (Å²) in [5.74, 6) is -1.08. The zero-order valence-corrected chi connectivity index (χ0v) is 19.9. The number of carbonyl (C=O) groups is 2. The van der Waals surface area contributed by atoms with Crippen LogP contribution in [-0.2, 0) is 32.6 Å². The van der Waals surface area contributed by atoms with Gasteiger partial charge in [-0.3, -0.25) is 9.59 Å². The SMILES string of the molecule is O=C1CCN(S(=O)(=O)c2cccc(F)c2)CCCCCC(C(=O)N2CCc3ccccc3C2)N1. The monoisotopic (exact) mass is 487 g/mol. The van der Waals surface area contributed by atoms with E-state index in [1.54, 1.807) is 4.90 Å². The fraction of sp³-hybridized carbons (Fsp3) is 0.440. The largest absolute Gasteiger partial charge is 0.344 e. The summed E-state index contributed by atoms with van der Waals surface area (Å²) in [6, 6.07) is 12.3. The highest BCUT2D eigenvalue weighted by molar-refractivity contribution is 7.89. The smallest absolute Gasteiger partial charge is 0.245 e. The van der Waals surface area contributed by atoms with Crippen LogP contribution in [0.4, 0.5) is 4.39 Å². The van der Waals surface area contributed by atoms with Crippen LogP contribution in [0.2, 0.25) is 0 Å². The average molecular weight is 488 g/mol. The summed E-state index contributed by atoms with van der Waals surface area (Å²) >= 11 is 0. The lowest BCUT2D eigenvalue weighted by atomic mass is 9.98. The first-order valence-electron chi connectivity index (χ1n) is 11.8. The van der Waals surface area contributed by atoms with Crippen molar-refractivity contribution in [2.45, 2.75) is 56.0 Å². The van der Waals surface area contributed by atoms with Crippen LogP contribution in [0.1, 0.15) is 43.2 Å². The van der Waals surface area contributed by atoms with Gasteiger partial charge in [0.2, 0.25) is 21.8 Å². The van der Waals surface area contributed by atoms with Crippen LogP contribution >= 0.6 is 0 Å². The highest BCUT2D eigenvalue weighted by atomic mass is 32.2. The van der Waals surface area contributed by atoms with E-state index >= 15 is 0 Å². The van der Waals surface area contributed by atoms with Gasteiger partial charge in [0.25, 0.3) is 0 Å². The molecule has 7 nitrogen and oxygen atoms in total. The molecular formula is C25H30FN3O4S. The number of nitrogens with zero attached hydrogens (tertiary/aromatic N) is 2. The van der Waals surface area contributed by atoms with Crippen LogP contribution in [0.15, 0.2) is 53.4 Å². The van der Waals surface area contributed by atoms with Gasteiger partial charge in [-0.2, -0.15) is 4.31 Å². The van der Waals surface area contributed by atoms with Crippen molar-refractivity contribution in [3.63, 3.8) is 0 Å². The van der Waals surface area contributed by atoms with Gasteiger partial charge in [0.15, 0.2) is 0 Å². The molecule has 2 aromatic rings. The van der Waals surface area contributed by atoms with Crippen LogP contribution in [0, 0.1) is 5.82 Å². The lowest BCUT2D eigenvalue weighted by Gasteiger charge is -2.32. The Morgan fingerprint density at radius 1 is 0.941 bits per heavy atom. The zero-order valence-electron chi connectivity index (χ0n) is 19.1. The van der Waals surface area contributed by atoms with Crippen LogP contribution in [0.3, 0.4) is 0 Å². The maximum absolute atomic E-state index is 13.6. The molecule has 2 aliphatic heterocycles. The number of benzene rings is 2. The summed E-state index contributed by atoms with van der Waals surface area (Å²) in [4.78, 5) is 27.7. The molecule has 2 aromatic carbocycles. The molecular weight excluding hydrogens is 457 g/mol. The van der Waals surface area contributed by atoms with Crippen molar-refractivity contribution in [2.24, 2.45) is 0 Å². The van der Waals surface area contributed by atoms with Crippen molar-refractivity contribution in [3.8, 4) is 0 Å². The van der Waals surface area contributed by atoms with E-state index in [4.69, 9.17) is 0 Å². The van der Waals surface area contributed by atoms with Crippen LogP contribution in [-0.4, -0.2) is 55.1 Å². The summed E-state index contributed by atoms with van der Waals surface area (Å²) in [6.45, 7) is 1.36. The van der Waals surface area contributed by atoms with Gasteiger partial charge in [0, 0.05) is 32.6 Å². The van der Waals surface area contributed by atoms with E-state index in [9.17, 15) is 22.4 Å². The molecule has 2 aliphatic rings. The maximum atomic E-state index is 13.6. The minimum atomic E-state index is -3.92. The molecule has 0 radical (unpaired) electrons. The maximum Gasteiger partial charge on any atom is 0.245 e. The molecule has 0 aliphatic carbocycles. The molecule has 9 heteroatoms. The molecule has 1 fully saturated rings. The first-order chi connectivity index (χ1) is 16.3. The second kappa shape index (κ2) is 10.7. The number of hydrogen-bond donors (Lipinski definition) is 1. The van der Waals surface area contributed by atoms with Crippen molar-refractivity contribution in [2.75, 3.05) is 19.6 Å². The van der Waals surface area contributed by atoms with Gasteiger partial charge in [-0.1, -0.05) is 43.2 Å². The third-order valence-corrected chi connectivity index (χ3v) is 8.39. The van der Waals surface area contributed by atoms with E-state index in [1.165, 1.54) is 28.1 Å². The van der Waals surface area contributed by atoms with E-state index < -0.39 is 21.9 Å². The molecule has 1 saturated heterocycles. The molecule has 0 spiro atoms. The van der Waals surface area contributed by atoms with Gasteiger partial charge < -0.3 is 10.2 Å². The summed E-state index contributed by atoms with van der Waals surface area (Å²) in [5.41, 5.74) is 2.38. The number of fused-ring (bicyclic) bond motifs is 1. The Bertz CT molecular complexity index is 1150. The van der Waals surface area contributed by atoms with Gasteiger partial charge in [-0.25, -0.2) is 12.8 Å². The predicted molar refractivity (Wildman–Crippen MR) is 126 cm³/mol. The number of halogens is 1. The number of nitrogens with one attached hydrogen (secondary N) is 1. The fourth-order valence-electron chi connectivity index (χ4n) is 4.60. The highest BCUT2D eigenvalue weighted by Crippen LogP contribution is 2.22. The second-order valence-corrected chi connectivity index (χ2v) is 10.8. The summed E-state index contributed by atoms with van der Waals surface area (Å²) in [6.07, 6.45) is 3.24. The molecule has 0 aromatic heterocycles. The second-order valence-electron chi connectivity index (χ2n) is 8.86. The van der Waals surface area contributed by atoms with Crippen molar-refractivity contribution < 1.29 is 22.4 Å². The topological polar surface area (TPSA) is 86.8 Å². The number of carbonyl (C=O) groups excluding carboxylic acids is 2. The standard InChI is InChI=1S/C25H30FN3O4S/c26-21-9-6-10-22(17-21)34(32,33)29-14-5-1-2-11-23(27-24(30)13-16-29)25(31)28-15-12-19-7-3-4-8-20(19)18-28/h3-4,6-10,17,23H,1-2,5,11-16,18H2,(H,27,30). The van der Waals surface area contributed by atoms with Gasteiger partial charge >= 0.3 is 0 Å². The Morgan fingerprint density at radius 3 is 2.53 bits per heavy atom. The van der Waals surface area contributed by atoms with Crippen LogP contribution in [0.5, 0.6) is 0 Å². The minimum Gasteiger partial charge on any atom is -0.344 e. The van der Waals surface area contributed by atoms with E-state index in [0.29, 0.717) is 32.4 Å². The van der Waals surface area contributed by atoms with Gasteiger partial charge in [-0.15, -0.1) is 0 Å². The highest BCUT2D eigenvalue weighted by Gasteiger charge is 2.30. The Hall–Kier alpha value is -2.78. The zero-order chi connectivity index (χ0) is 24.1. The van der Waals surface area contributed by atoms with Gasteiger partial charge in [0.05, 0.1) is 4.90 Å². The Morgan fingerprint density at radius 2 is 1.74 bits per heavy atom. The lowest BCUT2D eigenvalue weighted by molar-refractivity contribution is -0.137. The summed E-state index contributed by atoms with van der Waals surface area (Å²) in [5, 5.41) is 2.84. The lowest BCUT2D eigenvalue weighted by Crippen LogP contribution is -2.50. The molecule has 1 atom stereocenters. The predicted octanol–water partition coefficient (Wildman–Crippen LogP) is 2.85. The fourth-order valence-corrected chi connectivity index (χ4v) is 6.11. The number of sulfonamides is 1. The minimum absolute atomic E-state index is 0.0251. The van der Waals surface area contributed by atoms with Gasteiger partial charge in [-0.05, 0) is 48.6 Å². The van der Waals surface area contributed by atoms with Crippen molar-refractivity contribution in [1.82, 2.24) is 14.5 Å². The first-order valence-corrected chi connectivity index (χ1v) is 13.2. The Kier molecular flexibility index (Phi) is 7.63. The van der Waals surface area contributed by atoms with E-state index in [0.717, 1.165) is 24.5 Å². The van der Waals surface area contributed by atoms with Crippen molar-refractivity contribution >= 4 is 21.8 Å². The Labute approximate surface area is 200 Å². The van der Waals surface area contributed by atoms with E-state index in [-0.39, 0.29) is 36.2 Å². The third kappa shape index (κ3) is 5.64. The van der Waals surface area contributed by atoms with E-state index in [2.05, 4.69) is 11.4 Å². The molecule has 34 heavy (non-hydrogen) atoms. The summed E-state index contributed by atoms with van der Waals surface area (Å²) < 4.78 is 40.9. The van der Waals surface area contributed by atoms with Gasteiger partial charge in [0.1, 0.15) is 11.9 Å². The third-order valence-electron chi connectivity index (χ3n) is 6.50.